The maximum absolute atomic E-state index is 11.5. The Kier molecular flexibility index (Phi) is 2.69. The number of carbonyl (C=O) groups excluding carboxylic acids is 1. The van der Waals surface area contributed by atoms with Crippen LogP contribution < -0.4 is 10.6 Å². The van der Waals surface area contributed by atoms with Gasteiger partial charge in [-0.05, 0) is 43.4 Å². The van der Waals surface area contributed by atoms with Gasteiger partial charge in [0.25, 0.3) is 0 Å². The van der Waals surface area contributed by atoms with Gasteiger partial charge in [0.2, 0.25) is 0 Å². The van der Waals surface area contributed by atoms with Gasteiger partial charge in [0.15, 0.2) is 0 Å². The van der Waals surface area contributed by atoms with Crippen molar-refractivity contribution < 1.29 is 14.7 Å². The van der Waals surface area contributed by atoms with Crippen LogP contribution in [0.15, 0.2) is 24.3 Å². The van der Waals surface area contributed by atoms with Crippen LogP contribution in [0, 0.1) is 0 Å². The third kappa shape index (κ3) is 2.41. The van der Waals surface area contributed by atoms with E-state index in [1.807, 2.05) is 0 Å². The predicted molar refractivity (Wildman–Crippen MR) is 70.2 cm³/mol. The first-order valence-corrected chi connectivity index (χ1v) is 6.52. The first kappa shape index (κ1) is 12.0. The van der Waals surface area contributed by atoms with Crippen LogP contribution in [-0.4, -0.2) is 23.1 Å². The van der Waals surface area contributed by atoms with Gasteiger partial charge in [0, 0.05) is 11.7 Å². The molecule has 2 saturated carbocycles. The fourth-order valence-electron chi connectivity index (χ4n) is 2.20. The van der Waals surface area contributed by atoms with Crippen LogP contribution in [0.2, 0.25) is 0 Å². The molecule has 0 saturated heterocycles. The average Bonchev–Trinajstić information content (AvgIpc) is 3.24. The number of urea groups is 1. The third-order valence-corrected chi connectivity index (χ3v) is 3.77. The minimum atomic E-state index is -0.764. The molecule has 100 valence electrons. The largest absolute Gasteiger partial charge is 0.481 e. The molecule has 0 atom stereocenters. The summed E-state index contributed by atoms with van der Waals surface area (Å²) in [4.78, 5) is 22.7. The van der Waals surface area contributed by atoms with Crippen molar-refractivity contribution in [1.29, 1.82) is 0 Å². The molecule has 3 N–H and O–H groups in total. The summed E-state index contributed by atoms with van der Waals surface area (Å²) in [6.45, 7) is 0. The van der Waals surface area contributed by atoms with Crippen molar-refractivity contribution in [3.8, 4) is 0 Å². The zero-order chi connectivity index (χ0) is 13.5. The Morgan fingerprint density at radius 3 is 2.26 bits per heavy atom. The van der Waals surface area contributed by atoms with E-state index in [1.54, 1.807) is 24.3 Å². The van der Waals surface area contributed by atoms with Crippen LogP contribution in [-0.2, 0) is 10.2 Å². The third-order valence-electron chi connectivity index (χ3n) is 3.77. The highest BCUT2D eigenvalue weighted by molar-refractivity contribution is 5.90. The quantitative estimate of drug-likeness (QED) is 0.775. The number of rotatable bonds is 4. The summed E-state index contributed by atoms with van der Waals surface area (Å²) in [6, 6.07) is 7.20. The molecule has 2 aliphatic carbocycles. The fraction of sp³-hybridized carbons (Fsp3) is 0.429. The summed E-state index contributed by atoms with van der Waals surface area (Å²) in [5.74, 6) is -0.764. The van der Waals surface area contributed by atoms with Gasteiger partial charge in [-0.1, -0.05) is 12.1 Å². The van der Waals surface area contributed by atoms with Gasteiger partial charge in [-0.2, -0.15) is 0 Å². The van der Waals surface area contributed by atoms with E-state index in [0.29, 0.717) is 24.6 Å². The number of carboxylic acid groups (broad SMARTS) is 1. The van der Waals surface area contributed by atoms with E-state index in [4.69, 9.17) is 0 Å². The first-order valence-electron chi connectivity index (χ1n) is 6.52. The number of hydrogen-bond acceptors (Lipinski definition) is 2. The minimum Gasteiger partial charge on any atom is -0.481 e. The number of aliphatic carboxylic acids is 1. The SMILES string of the molecule is O=C(Nc1ccc(C2(C(=O)O)CC2)cc1)NC1CC1. The lowest BCUT2D eigenvalue weighted by Gasteiger charge is -2.11. The lowest BCUT2D eigenvalue weighted by molar-refractivity contribution is -0.140. The zero-order valence-corrected chi connectivity index (χ0v) is 10.5. The monoisotopic (exact) mass is 260 g/mol. The van der Waals surface area contributed by atoms with Gasteiger partial charge < -0.3 is 15.7 Å². The molecule has 1 aromatic rings. The molecule has 0 aliphatic heterocycles. The fourth-order valence-corrected chi connectivity index (χ4v) is 2.20. The molecule has 0 unspecified atom stereocenters. The smallest absolute Gasteiger partial charge is 0.319 e. The molecule has 2 fully saturated rings. The normalized spacial score (nSPS) is 19.6. The average molecular weight is 260 g/mol. The van der Waals surface area contributed by atoms with Gasteiger partial charge in [-0.3, -0.25) is 4.79 Å². The lowest BCUT2D eigenvalue weighted by Crippen LogP contribution is -2.30. The van der Waals surface area contributed by atoms with E-state index in [0.717, 1.165) is 18.4 Å². The number of carbonyl (C=O) groups is 2. The molecule has 0 spiro atoms. The Balaban J connectivity index is 1.65. The number of amides is 2. The van der Waals surface area contributed by atoms with Crippen molar-refractivity contribution in [2.24, 2.45) is 0 Å². The van der Waals surface area contributed by atoms with Crippen LogP contribution in [0.4, 0.5) is 10.5 Å². The van der Waals surface area contributed by atoms with Gasteiger partial charge in [-0.25, -0.2) is 4.79 Å². The van der Waals surface area contributed by atoms with Crippen LogP contribution in [0.25, 0.3) is 0 Å². The molecule has 3 rings (SSSR count). The molecular weight excluding hydrogens is 244 g/mol. The van der Waals surface area contributed by atoms with E-state index >= 15 is 0 Å². The number of benzene rings is 1. The zero-order valence-electron chi connectivity index (χ0n) is 10.5. The highest BCUT2D eigenvalue weighted by atomic mass is 16.4. The van der Waals surface area contributed by atoms with Crippen LogP contribution in [0.5, 0.6) is 0 Å². The van der Waals surface area contributed by atoms with E-state index in [1.165, 1.54) is 0 Å². The summed E-state index contributed by atoms with van der Waals surface area (Å²) in [5.41, 5.74) is 0.811. The molecule has 19 heavy (non-hydrogen) atoms. The second-order valence-electron chi connectivity index (χ2n) is 5.34. The van der Waals surface area contributed by atoms with Crippen molar-refractivity contribution in [2.45, 2.75) is 37.1 Å². The minimum absolute atomic E-state index is 0.199. The van der Waals surface area contributed by atoms with Crippen molar-refractivity contribution in [3.05, 3.63) is 29.8 Å². The van der Waals surface area contributed by atoms with Crippen molar-refractivity contribution in [1.82, 2.24) is 5.32 Å². The molecule has 0 radical (unpaired) electrons. The summed E-state index contributed by atoms with van der Waals surface area (Å²) < 4.78 is 0. The Morgan fingerprint density at radius 2 is 1.79 bits per heavy atom. The van der Waals surface area contributed by atoms with E-state index < -0.39 is 11.4 Å². The maximum Gasteiger partial charge on any atom is 0.319 e. The summed E-state index contributed by atoms with van der Waals surface area (Å²) in [7, 11) is 0. The van der Waals surface area contributed by atoms with Crippen LogP contribution in [0.3, 0.4) is 0 Å². The van der Waals surface area contributed by atoms with Crippen molar-refractivity contribution in [2.75, 3.05) is 5.32 Å². The van der Waals surface area contributed by atoms with Crippen molar-refractivity contribution in [3.63, 3.8) is 0 Å². The number of hydrogen-bond donors (Lipinski definition) is 3. The van der Waals surface area contributed by atoms with Gasteiger partial charge >= 0.3 is 12.0 Å². The summed E-state index contributed by atoms with van der Waals surface area (Å²) in [5, 5.41) is 14.8. The van der Waals surface area contributed by atoms with Crippen molar-refractivity contribution >= 4 is 17.7 Å². The molecule has 0 bridgehead atoms. The Bertz CT molecular complexity index is 516. The first-order chi connectivity index (χ1) is 9.10. The van der Waals surface area contributed by atoms with Crippen LogP contribution in [0.1, 0.15) is 31.2 Å². The number of nitrogens with one attached hydrogen (secondary N) is 2. The molecular formula is C14H16N2O3. The summed E-state index contributed by atoms with van der Waals surface area (Å²) >= 11 is 0. The van der Waals surface area contributed by atoms with E-state index in [2.05, 4.69) is 10.6 Å². The topological polar surface area (TPSA) is 78.4 Å². The second-order valence-corrected chi connectivity index (χ2v) is 5.34. The van der Waals surface area contributed by atoms with Gasteiger partial charge in [-0.15, -0.1) is 0 Å². The summed E-state index contributed by atoms with van der Waals surface area (Å²) in [6.07, 6.45) is 3.48. The molecule has 5 nitrogen and oxygen atoms in total. The highest BCUT2D eigenvalue weighted by Crippen LogP contribution is 2.48. The van der Waals surface area contributed by atoms with Gasteiger partial charge in [0.1, 0.15) is 0 Å². The Hall–Kier alpha value is -2.04. The van der Waals surface area contributed by atoms with Crippen LogP contribution >= 0.6 is 0 Å². The molecule has 2 aliphatic rings. The Morgan fingerprint density at radius 1 is 1.16 bits per heavy atom. The highest BCUT2D eigenvalue weighted by Gasteiger charge is 2.51. The maximum atomic E-state index is 11.5. The van der Waals surface area contributed by atoms with E-state index in [-0.39, 0.29) is 6.03 Å². The molecule has 1 aromatic carbocycles. The number of anilines is 1. The lowest BCUT2D eigenvalue weighted by atomic mass is 9.96. The predicted octanol–water partition coefficient (Wildman–Crippen LogP) is 2.09. The van der Waals surface area contributed by atoms with Gasteiger partial charge in [0.05, 0.1) is 5.41 Å². The molecule has 0 heterocycles. The Labute approximate surface area is 111 Å². The molecule has 0 aromatic heterocycles. The molecule has 5 heteroatoms. The molecule has 2 amide bonds. The second kappa shape index (κ2) is 4.26. The van der Waals surface area contributed by atoms with E-state index in [9.17, 15) is 14.7 Å². The standard InChI is InChI=1S/C14H16N2O3/c17-12(18)14(7-8-14)9-1-3-10(4-2-9)15-13(19)16-11-5-6-11/h1-4,11H,5-8H2,(H,17,18)(H2,15,16,19). The number of carboxylic acids is 1.